The van der Waals surface area contributed by atoms with Gasteiger partial charge in [-0.2, -0.15) is 0 Å². The summed E-state index contributed by atoms with van der Waals surface area (Å²) in [5.41, 5.74) is 0.759. The van der Waals surface area contributed by atoms with E-state index in [2.05, 4.69) is 26.1 Å². The highest BCUT2D eigenvalue weighted by Crippen LogP contribution is 2.28. The highest BCUT2D eigenvalue weighted by Gasteiger charge is 2.14. The van der Waals surface area contributed by atoms with E-state index in [0.29, 0.717) is 12.0 Å². The molecule has 1 N–H and O–H groups in total. The summed E-state index contributed by atoms with van der Waals surface area (Å²) in [6, 6.07) is 7.04. The van der Waals surface area contributed by atoms with E-state index >= 15 is 0 Å². The maximum absolute atomic E-state index is 13.1. The minimum absolute atomic E-state index is 0.219. The number of hydrogen-bond donors (Lipinski definition) is 1. The van der Waals surface area contributed by atoms with Crippen molar-refractivity contribution in [1.82, 2.24) is 5.32 Å². The standard InChI is InChI=1S/C15H20FNO/c1-4-17-11(3)7-10(2)15-9-12-8-13(16)5-6-14(12)18-15/h5-6,8-11,17H,4,7H2,1-3H3. The quantitative estimate of drug-likeness (QED) is 0.864. The van der Waals surface area contributed by atoms with E-state index in [1.165, 1.54) is 12.1 Å². The first-order chi connectivity index (χ1) is 8.60. The van der Waals surface area contributed by atoms with Gasteiger partial charge in [0.15, 0.2) is 0 Å². The zero-order valence-corrected chi connectivity index (χ0v) is 11.2. The maximum Gasteiger partial charge on any atom is 0.134 e. The van der Waals surface area contributed by atoms with Crippen molar-refractivity contribution in [2.24, 2.45) is 0 Å². The van der Waals surface area contributed by atoms with E-state index in [1.54, 1.807) is 6.07 Å². The smallest absolute Gasteiger partial charge is 0.134 e. The van der Waals surface area contributed by atoms with Crippen LogP contribution in [0.25, 0.3) is 11.0 Å². The van der Waals surface area contributed by atoms with Gasteiger partial charge in [-0.3, -0.25) is 0 Å². The second-order valence-corrected chi connectivity index (χ2v) is 4.93. The normalized spacial score (nSPS) is 14.9. The average Bonchev–Trinajstić information content (AvgIpc) is 2.72. The van der Waals surface area contributed by atoms with E-state index < -0.39 is 0 Å². The molecule has 2 rings (SSSR count). The third-order valence-electron chi connectivity index (χ3n) is 3.24. The molecule has 2 atom stereocenters. The molecule has 0 aliphatic carbocycles. The molecule has 1 aromatic heterocycles. The second-order valence-electron chi connectivity index (χ2n) is 4.93. The van der Waals surface area contributed by atoms with Crippen LogP contribution in [0.15, 0.2) is 28.7 Å². The molecule has 3 heteroatoms. The zero-order valence-electron chi connectivity index (χ0n) is 11.2. The molecular formula is C15H20FNO. The van der Waals surface area contributed by atoms with Gasteiger partial charge in [0, 0.05) is 17.3 Å². The van der Waals surface area contributed by atoms with Gasteiger partial charge in [-0.05, 0) is 44.2 Å². The van der Waals surface area contributed by atoms with Gasteiger partial charge in [-0.15, -0.1) is 0 Å². The minimum atomic E-state index is -0.219. The Morgan fingerprint density at radius 2 is 2.06 bits per heavy atom. The molecule has 1 heterocycles. The first-order valence-corrected chi connectivity index (χ1v) is 6.52. The Morgan fingerprint density at radius 3 is 2.78 bits per heavy atom. The van der Waals surface area contributed by atoms with Crippen LogP contribution in [0, 0.1) is 5.82 Å². The molecule has 98 valence electrons. The van der Waals surface area contributed by atoms with Crippen LogP contribution in [0.3, 0.4) is 0 Å². The molecule has 0 saturated carbocycles. The Labute approximate surface area is 107 Å². The Morgan fingerprint density at radius 1 is 1.28 bits per heavy atom. The van der Waals surface area contributed by atoms with Crippen molar-refractivity contribution in [1.29, 1.82) is 0 Å². The number of nitrogens with one attached hydrogen (secondary N) is 1. The number of halogens is 1. The lowest BCUT2D eigenvalue weighted by atomic mass is 10.00. The average molecular weight is 249 g/mol. The SMILES string of the molecule is CCNC(C)CC(C)c1cc2cc(F)ccc2o1. The van der Waals surface area contributed by atoms with Crippen LogP contribution < -0.4 is 5.32 Å². The van der Waals surface area contributed by atoms with E-state index in [-0.39, 0.29) is 5.82 Å². The molecule has 2 unspecified atom stereocenters. The summed E-state index contributed by atoms with van der Waals surface area (Å²) in [4.78, 5) is 0. The van der Waals surface area contributed by atoms with Gasteiger partial charge in [0.1, 0.15) is 17.2 Å². The fraction of sp³-hybridized carbons (Fsp3) is 0.467. The fourth-order valence-electron chi connectivity index (χ4n) is 2.36. The predicted molar refractivity (Wildman–Crippen MR) is 72.3 cm³/mol. The van der Waals surface area contributed by atoms with Crippen molar-refractivity contribution in [3.8, 4) is 0 Å². The van der Waals surface area contributed by atoms with Crippen molar-refractivity contribution in [2.45, 2.75) is 39.2 Å². The van der Waals surface area contributed by atoms with Gasteiger partial charge in [-0.25, -0.2) is 4.39 Å². The summed E-state index contributed by atoms with van der Waals surface area (Å²) in [6.07, 6.45) is 1.01. The van der Waals surface area contributed by atoms with E-state index in [1.807, 2.05) is 6.07 Å². The van der Waals surface area contributed by atoms with Crippen molar-refractivity contribution < 1.29 is 8.81 Å². The Kier molecular flexibility index (Phi) is 4.02. The molecule has 18 heavy (non-hydrogen) atoms. The molecule has 0 radical (unpaired) electrons. The molecular weight excluding hydrogens is 229 g/mol. The van der Waals surface area contributed by atoms with Crippen LogP contribution in [0.5, 0.6) is 0 Å². The van der Waals surface area contributed by atoms with Crippen LogP contribution in [0.2, 0.25) is 0 Å². The summed E-state index contributed by atoms with van der Waals surface area (Å²) in [7, 11) is 0. The van der Waals surface area contributed by atoms with Crippen LogP contribution in [-0.2, 0) is 0 Å². The highest BCUT2D eigenvalue weighted by molar-refractivity contribution is 5.78. The van der Waals surface area contributed by atoms with Crippen LogP contribution in [-0.4, -0.2) is 12.6 Å². The lowest BCUT2D eigenvalue weighted by Crippen LogP contribution is -2.26. The summed E-state index contributed by atoms with van der Waals surface area (Å²) in [5.74, 6) is 1.04. The number of rotatable bonds is 5. The summed E-state index contributed by atoms with van der Waals surface area (Å²) in [6.45, 7) is 7.38. The lowest BCUT2D eigenvalue weighted by molar-refractivity contribution is 0.434. The van der Waals surface area contributed by atoms with Gasteiger partial charge >= 0.3 is 0 Å². The van der Waals surface area contributed by atoms with Gasteiger partial charge in [0.2, 0.25) is 0 Å². The third-order valence-corrected chi connectivity index (χ3v) is 3.24. The first-order valence-electron chi connectivity index (χ1n) is 6.52. The summed E-state index contributed by atoms with van der Waals surface area (Å²) in [5, 5.41) is 4.23. The molecule has 0 saturated heterocycles. The molecule has 0 spiro atoms. The number of benzene rings is 1. The number of hydrogen-bond acceptors (Lipinski definition) is 2. The monoisotopic (exact) mass is 249 g/mol. The predicted octanol–water partition coefficient (Wildman–Crippen LogP) is 4.06. The van der Waals surface area contributed by atoms with Gasteiger partial charge in [-0.1, -0.05) is 13.8 Å². The van der Waals surface area contributed by atoms with Crippen molar-refractivity contribution in [3.05, 3.63) is 35.8 Å². The van der Waals surface area contributed by atoms with Gasteiger partial charge in [0.25, 0.3) is 0 Å². The molecule has 0 aliphatic rings. The van der Waals surface area contributed by atoms with Crippen molar-refractivity contribution >= 4 is 11.0 Å². The largest absolute Gasteiger partial charge is 0.461 e. The van der Waals surface area contributed by atoms with Crippen molar-refractivity contribution in [3.63, 3.8) is 0 Å². The fourth-order valence-corrected chi connectivity index (χ4v) is 2.36. The molecule has 0 aliphatic heterocycles. The summed E-state index contributed by atoms with van der Waals surface area (Å²) < 4.78 is 18.9. The Bertz CT molecular complexity index is 520. The molecule has 0 fully saturated rings. The lowest BCUT2D eigenvalue weighted by Gasteiger charge is -2.15. The molecule has 2 nitrogen and oxygen atoms in total. The van der Waals surface area contributed by atoms with Gasteiger partial charge in [0.05, 0.1) is 0 Å². The molecule has 1 aromatic carbocycles. The minimum Gasteiger partial charge on any atom is -0.461 e. The summed E-state index contributed by atoms with van der Waals surface area (Å²) >= 11 is 0. The van der Waals surface area contributed by atoms with Crippen LogP contribution in [0.1, 0.15) is 38.9 Å². The Balaban J connectivity index is 2.15. The van der Waals surface area contributed by atoms with E-state index in [9.17, 15) is 4.39 Å². The maximum atomic E-state index is 13.1. The second kappa shape index (κ2) is 5.53. The molecule has 2 aromatic rings. The van der Waals surface area contributed by atoms with E-state index in [4.69, 9.17) is 4.42 Å². The number of fused-ring (bicyclic) bond motifs is 1. The third kappa shape index (κ3) is 2.91. The zero-order chi connectivity index (χ0) is 13.1. The first kappa shape index (κ1) is 13.1. The topological polar surface area (TPSA) is 25.2 Å². The Hall–Kier alpha value is -1.35. The van der Waals surface area contributed by atoms with Crippen LogP contribution in [0.4, 0.5) is 4.39 Å². The van der Waals surface area contributed by atoms with Crippen LogP contribution >= 0.6 is 0 Å². The van der Waals surface area contributed by atoms with E-state index in [0.717, 1.165) is 29.7 Å². The molecule has 0 amide bonds. The highest BCUT2D eigenvalue weighted by atomic mass is 19.1. The number of furan rings is 1. The van der Waals surface area contributed by atoms with Gasteiger partial charge < -0.3 is 9.73 Å². The van der Waals surface area contributed by atoms with Crippen molar-refractivity contribution in [2.75, 3.05) is 6.54 Å². The molecule has 0 bridgehead atoms.